The van der Waals surface area contributed by atoms with Crippen LogP contribution in [0.5, 0.6) is 11.5 Å². The highest BCUT2D eigenvalue weighted by Crippen LogP contribution is 2.45. The number of carbonyl (C=O) groups is 1. The van der Waals surface area contributed by atoms with Crippen LogP contribution in [-0.4, -0.2) is 11.0 Å². The molecular formula is C23H30N2O3. The number of fused-ring (bicyclic) bond motifs is 1. The van der Waals surface area contributed by atoms with Crippen LogP contribution in [0.1, 0.15) is 73.0 Å². The molecule has 3 rings (SSSR count). The van der Waals surface area contributed by atoms with Gasteiger partial charge in [-0.1, -0.05) is 38.5 Å². The van der Waals surface area contributed by atoms with Crippen molar-refractivity contribution in [3.8, 4) is 11.5 Å². The molecule has 28 heavy (non-hydrogen) atoms. The summed E-state index contributed by atoms with van der Waals surface area (Å²) in [5, 5.41) is 9.80. The van der Waals surface area contributed by atoms with Gasteiger partial charge in [0.25, 0.3) is 0 Å². The maximum atomic E-state index is 11.2. The molecule has 0 saturated carbocycles. The minimum Gasteiger partial charge on any atom is -0.508 e. The normalized spacial score (nSPS) is 17.5. The van der Waals surface area contributed by atoms with Crippen LogP contribution in [0.25, 0.3) is 0 Å². The standard InChI is InChI=1S/C20H23NO3.C3H7N/c1-2-3-4-15-11-19(13-5-7-14(8-6-13)20(21)23)24-18-10-9-16(22)12-17(15)18;1-3(2)4/h5-10,12,15,19,22H,2-4,11H2,1H3,(H2,21,23);1,4H2,2H3. The second kappa shape index (κ2) is 9.83. The van der Waals surface area contributed by atoms with E-state index in [1.807, 2.05) is 24.3 Å². The summed E-state index contributed by atoms with van der Waals surface area (Å²) in [7, 11) is 0. The second-order valence-corrected chi connectivity index (χ2v) is 7.24. The monoisotopic (exact) mass is 382 g/mol. The van der Waals surface area contributed by atoms with E-state index in [9.17, 15) is 9.90 Å². The molecule has 0 aliphatic carbocycles. The lowest BCUT2D eigenvalue weighted by Crippen LogP contribution is -2.19. The zero-order valence-electron chi connectivity index (χ0n) is 16.7. The number of phenols is 1. The summed E-state index contributed by atoms with van der Waals surface area (Å²) in [4.78, 5) is 11.2. The van der Waals surface area contributed by atoms with Crippen molar-refractivity contribution in [1.29, 1.82) is 0 Å². The van der Waals surface area contributed by atoms with Gasteiger partial charge in [0.2, 0.25) is 5.91 Å². The van der Waals surface area contributed by atoms with Crippen molar-refractivity contribution in [1.82, 2.24) is 0 Å². The molecule has 0 spiro atoms. The number of amides is 1. The Kier molecular flexibility index (Phi) is 7.50. The Morgan fingerprint density at radius 3 is 2.43 bits per heavy atom. The number of carbonyl (C=O) groups excluding carboxylic acids is 1. The zero-order valence-corrected chi connectivity index (χ0v) is 16.7. The van der Waals surface area contributed by atoms with E-state index >= 15 is 0 Å². The molecule has 1 aliphatic heterocycles. The molecule has 0 saturated heterocycles. The van der Waals surface area contributed by atoms with E-state index < -0.39 is 5.91 Å². The van der Waals surface area contributed by atoms with Gasteiger partial charge in [-0.2, -0.15) is 0 Å². The quantitative estimate of drug-likeness (QED) is 0.694. The largest absolute Gasteiger partial charge is 0.508 e. The number of hydrogen-bond acceptors (Lipinski definition) is 4. The third-order valence-corrected chi connectivity index (χ3v) is 4.67. The van der Waals surface area contributed by atoms with Crippen LogP contribution < -0.4 is 16.2 Å². The Labute approximate surface area is 167 Å². The van der Waals surface area contributed by atoms with E-state index in [1.165, 1.54) is 0 Å². The molecular weight excluding hydrogens is 352 g/mol. The fraction of sp³-hybridized carbons (Fsp3) is 0.348. The van der Waals surface area contributed by atoms with Crippen LogP contribution in [-0.2, 0) is 0 Å². The maximum absolute atomic E-state index is 11.2. The highest BCUT2D eigenvalue weighted by molar-refractivity contribution is 5.92. The summed E-state index contributed by atoms with van der Waals surface area (Å²) in [5.41, 5.74) is 13.5. The Morgan fingerprint density at radius 2 is 1.86 bits per heavy atom. The lowest BCUT2D eigenvalue weighted by atomic mass is 9.84. The summed E-state index contributed by atoms with van der Waals surface area (Å²) < 4.78 is 6.16. The third kappa shape index (κ3) is 5.78. The van der Waals surface area contributed by atoms with Gasteiger partial charge < -0.3 is 21.3 Å². The van der Waals surface area contributed by atoms with Crippen molar-refractivity contribution in [3.05, 3.63) is 71.4 Å². The molecule has 1 heterocycles. The van der Waals surface area contributed by atoms with Crippen molar-refractivity contribution >= 4 is 5.91 Å². The minimum atomic E-state index is -0.423. The van der Waals surface area contributed by atoms with Crippen LogP contribution in [0.15, 0.2) is 54.7 Å². The topological polar surface area (TPSA) is 98.6 Å². The molecule has 1 aliphatic rings. The molecule has 0 fully saturated rings. The van der Waals surface area contributed by atoms with E-state index in [0.717, 1.165) is 42.6 Å². The molecule has 1 amide bonds. The number of primary amides is 1. The molecule has 2 atom stereocenters. The predicted octanol–water partition coefficient (Wildman–Crippen LogP) is 4.77. The fourth-order valence-corrected chi connectivity index (χ4v) is 3.34. The van der Waals surface area contributed by atoms with E-state index in [0.29, 0.717) is 17.2 Å². The number of hydrogen-bond donors (Lipinski definition) is 3. The van der Waals surface area contributed by atoms with Crippen molar-refractivity contribution in [2.75, 3.05) is 0 Å². The van der Waals surface area contributed by atoms with Gasteiger partial charge in [-0.05, 0) is 67.3 Å². The molecule has 2 aromatic carbocycles. The van der Waals surface area contributed by atoms with Gasteiger partial charge in [0.05, 0.1) is 0 Å². The van der Waals surface area contributed by atoms with Crippen molar-refractivity contribution in [2.24, 2.45) is 11.5 Å². The summed E-state index contributed by atoms with van der Waals surface area (Å²) in [6.07, 6.45) is 4.18. The van der Waals surface area contributed by atoms with Gasteiger partial charge in [-0.3, -0.25) is 4.79 Å². The molecule has 0 aromatic heterocycles. The molecule has 0 radical (unpaired) electrons. The highest BCUT2D eigenvalue weighted by atomic mass is 16.5. The first-order valence-electron chi connectivity index (χ1n) is 9.62. The number of rotatable bonds is 5. The third-order valence-electron chi connectivity index (χ3n) is 4.67. The van der Waals surface area contributed by atoms with Crippen molar-refractivity contribution in [3.63, 3.8) is 0 Å². The van der Waals surface area contributed by atoms with Gasteiger partial charge in [0.15, 0.2) is 0 Å². The van der Waals surface area contributed by atoms with Gasteiger partial charge >= 0.3 is 0 Å². The average molecular weight is 383 g/mol. The Balaban J connectivity index is 0.000000640. The van der Waals surface area contributed by atoms with Crippen molar-refractivity contribution < 1.29 is 14.6 Å². The van der Waals surface area contributed by atoms with Crippen molar-refractivity contribution in [2.45, 2.75) is 51.6 Å². The van der Waals surface area contributed by atoms with E-state index in [4.69, 9.17) is 16.2 Å². The van der Waals surface area contributed by atoms with E-state index in [1.54, 1.807) is 25.1 Å². The Morgan fingerprint density at radius 1 is 1.21 bits per heavy atom. The Bertz CT molecular complexity index is 811. The molecule has 150 valence electrons. The summed E-state index contributed by atoms with van der Waals surface area (Å²) in [6, 6.07) is 12.6. The summed E-state index contributed by atoms with van der Waals surface area (Å²) in [5.74, 6) is 1.06. The number of aromatic hydroxyl groups is 1. The number of nitrogens with two attached hydrogens (primary N) is 2. The van der Waals surface area contributed by atoms with Crippen LogP contribution in [0, 0.1) is 0 Å². The van der Waals surface area contributed by atoms with Crippen LogP contribution in [0.2, 0.25) is 0 Å². The van der Waals surface area contributed by atoms with Gasteiger partial charge in [-0.25, -0.2) is 0 Å². The summed E-state index contributed by atoms with van der Waals surface area (Å²) in [6.45, 7) is 7.27. The first-order valence-corrected chi connectivity index (χ1v) is 9.62. The molecule has 5 N–H and O–H groups in total. The first kappa shape index (κ1) is 21.4. The highest BCUT2D eigenvalue weighted by Gasteiger charge is 2.29. The van der Waals surface area contributed by atoms with E-state index in [-0.39, 0.29) is 11.9 Å². The molecule has 5 heteroatoms. The molecule has 2 unspecified atom stereocenters. The van der Waals surface area contributed by atoms with Gasteiger partial charge in [0.1, 0.15) is 17.6 Å². The maximum Gasteiger partial charge on any atom is 0.248 e. The first-order chi connectivity index (χ1) is 13.3. The molecule has 0 bridgehead atoms. The fourth-order valence-electron chi connectivity index (χ4n) is 3.34. The zero-order chi connectivity index (χ0) is 20.7. The average Bonchev–Trinajstić information content (AvgIpc) is 2.65. The van der Waals surface area contributed by atoms with Crippen LogP contribution in [0.4, 0.5) is 0 Å². The Hall–Kier alpha value is -2.95. The van der Waals surface area contributed by atoms with Gasteiger partial charge in [0, 0.05) is 11.1 Å². The summed E-state index contributed by atoms with van der Waals surface area (Å²) >= 11 is 0. The lowest BCUT2D eigenvalue weighted by Gasteiger charge is -2.32. The smallest absolute Gasteiger partial charge is 0.248 e. The molecule has 5 nitrogen and oxygen atoms in total. The number of unbranched alkanes of at least 4 members (excludes halogenated alkanes) is 1. The van der Waals surface area contributed by atoms with Gasteiger partial charge in [-0.15, -0.1) is 0 Å². The van der Waals surface area contributed by atoms with E-state index in [2.05, 4.69) is 13.5 Å². The number of phenolic OH excluding ortho intramolecular Hbond substituents is 1. The van der Waals surface area contributed by atoms with Crippen LogP contribution >= 0.6 is 0 Å². The lowest BCUT2D eigenvalue weighted by molar-refractivity contribution is 0.1000. The number of allylic oxidation sites excluding steroid dienone is 1. The SMILES string of the molecule is C=C(C)N.CCCCC1CC(c2ccc(C(N)=O)cc2)Oc2ccc(O)cc21. The predicted molar refractivity (Wildman–Crippen MR) is 112 cm³/mol. The number of ether oxygens (including phenoxy) is 1. The van der Waals surface area contributed by atoms with Crippen LogP contribution in [0.3, 0.4) is 0 Å². The minimum absolute atomic E-state index is 0.0502. The molecule has 2 aromatic rings. The number of benzene rings is 2. The second-order valence-electron chi connectivity index (χ2n) is 7.24.